The first kappa shape index (κ1) is 8.67. The predicted octanol–water partition coefficient (Wildman–Crippen LogP) is 0.388. The lowest BCUT2D eigenvalue weighted by Gasteiger charge is -2.27. The number of hydrogen-bond acceptors (Lipinski definition) is 4. The van der Waals surface area contributed by atoms with Gasteiger partial charge in [-0.1, -0.05) is 0 Å². The molecule has 2 aromatic heterocycles. The summed E-state index contributed by atoms with van der Waals surface area (Å²) in [5.74, 6) is 0.772. The number of nitrogens with one attached hydrogen (secondary N) is 1. The van der Waals surface area contributed by atoms with E-state index in [1.807, 2.05) is 19.1 Å². The summed E-state index contributed by atoms with van der Waals surface area (Å²) in [6, 6.07) is 3.97. The third-order valence-electron chi connectivity index (χ3n) is 2.52. The Bertz CT molecular complexity index is 489. The second-order valence-corrected chi connectivity index (χ2v) is 3.80. The van der Waals surface area contributed by atoms with Crippen molar-refractivity contribution in [1.29, 1.82) is 0 Å². The summed E-state index contributed by atoms with van der Waals surface area (Å²) in [6.07, 6.45) is 1.81. The normalized spacial score (nSPS) is 16.6. The maximum atomic E-state index is 5.80. The number of rotatable bonds is 2. The lowest BCUT2D eigenvalue weighted by Crippen LogP contribution is -2.50. The smallest absolute Gasteiger partial charge is 0.217 e. The van der Waals surface area contributed by atoms with Gasteiger partial charge in [-0.2, -0.15) is 9.61 Å². The van der Waals surface area contributed by atoms with Crippen LogP contribution < -0.4 is 10.1 Å². The summed E-state index contributed by atoms with van der Waals surface area (Å²) in [6.45, 7) is 3.84. The van der Waals surface area contributed by atoms with Crippen molar-refractivity contribution in [2.24, 2.45) is 0 Å². The SMILES string of the molecule is Cc1cc(OC2CNC2)n2ncnc2c1. The molecule has 5 heteroatoms. The van der Waals surface area contributed by atoms with Gasteiger partial charge in [-0.25, -0.2) is 4.98 Å². The monoisotopic (exact) mass is 204 g/mol. The van der Waals surface area contributed by atoms with Crippen LogP contribution in [0.2, 0.25) is 0 Å². The molecule has 2 aromatic rings. The van der Waals surface area contributed by atoms with Gasteiger partial charge in [0.25, 0.3) is 0 Å². The van der Waals surface area contributed by atoms with Gasteiger partial charge in [-0.15, -0.1) is 0 Å². The fraction of sp³-hybridized carbons (Fsp3) is 0.400. The lowest BCUT2D eigenvalue weighted by molar-refractivity contribution is 0.133. The van der Waals surface area contributed by atoms with Crippen molar-refractivity contribution in [3.63, 3.8) is 0 Å². The zero-order valence-electron chi connectivity index (χ0n) is 8.47. The van der Waals surface area contributed by atoms with E-state index in [1.54, 1.807) is 10.8 Å². The number of nitrogens with zero attached hydrogens (tertiary/aromatic N) is 3. The van der Waals surface area contributed by atoms with E-state index in [9.17, 15) is 0 Å². The molecule has 0 saturated carbocycles. The van der Waals surface area contributed by atoms with Gasteiger partial charge in [0.1, 0.15) is 12.4 Å². The highest BCUT2D eigenvalue weighted by atomic mass is 16.5. The zero-order valence-corrected chi connectivity index (χ0v) is 8.47. The number of ether oxygens (including phenoxy) is 1. The van der Waals surface area contributed by atoms with Crippen LogP contribution in [-0.4, -0.2) is 33.8 Å². The van der Waals surface area contributed by atoms with E-state index in [1.165, 1.54) is 0 Å². The first-order chi connectivity index (χ1) is 7.33. The minimum Gasteiger partial charge on any atom is -0.472 e. The molecule has 0 bridgehead atoms. The standard InChI is InChI=1S/C10H12N4O/c1-7-2-9-12-6-13-14(9)10(3-7)15-8-4-11-5-8/h2-3,6,8,11H,4-5H2,1H3. The van der Waals surface area contributed by atoms with Gasteiger partial charge in [-0.3, -0.25) is 0 Å². The van der Waals surface area contributed by atoms with Crippen LogP contribution in [-0.2, 0) is 0 Å². The molecule has 0 amide bonds. The molecule has 5 nitrogen and oxygen atoms in total. The third-order valence-corrected chi connectivity index (χ3v) is 2.52. The Kier molecular flexibility index (Phi) is 1.85. The summed E-state index contributed by atoms with van der Waals surface area (Å²) in [7, 11) is 0. The second-order valence-electron chi connectivity index (χ2n) is 3.80. The Morgan fingerprint density at radius 1 is 1.47 bits per heavy atom. The predicted molar refractivity (Wildman–Crippen MR) is 55.0 cm³/mol. The molecule has 3 heterocycles. The Hall–Kier alpha value is -1.62. The lowest BCUT2D eigenvalue weighted by atomic mass is 10.2. The van der Waals surface area contributed by atoms with Crippen LogP contribution in [0.1, 0.15) is 5.56 Å². The molecule has 1 saturated heterocycles. The van der Waals surface area contributed by atoms with Crippen LogP contribution in [0.25, 0.3) is 5.65 Å². The quantitative estimate of drug-likeness (QED) is 0.768. The number of aryl methyl sites for hydroxylation is 1. The molecular formula is C10H12N4O. The van der Waals surface area contributed by atoms with Gasteiger partial charge in [0, 0.05) is 19.2 Å². The summed E-state index contributed by atoms with van der Waals surface area (Å²) < 4.78 is 7.53. The molecule has 1 aliphatic heterocycles. The Morgan fingerprint density at radius 3 is 3.07 bits per heavy atom. The highest BCUT2D eigenvalue weighted by Crippen LogP contribution is 2.17. The van der Waals surface area contributed by atoms with Crippen molar-refractivity contribution < 1.29 is 4.74 Å². The molecule has 0 unspecified atom stereocenters. The van der Waals surface area contributed by atoms with Crippen LogP contribution in [0.3, 0.4) is 0 Å². The molecular weight excluding hydrogens is 192 g/mol. The highest BCUT2D eigenvalue weighted by Gasteiger charge is 2.19. The topological polar surface area (TPSA) is 51.5 Å². The zero-order chi connectivity index (χ0) is 10.3. The van der Waals surface area contributed by atoms with E-state index in [2.05, 4.69) is 15.4 Å². The molecule has 15 heavy (non-hydrogen) atoms. The Labute approximate surface area is 87.1 Å². The van der Waals surface area contributed by atoms with E-state index in [0.717, 1.165) is 30.2 Å². The molecule has 1 aliphatic rings. The van der Waals surface area contributed by atoms with Gasteiger partial charge in [0.05, 0.1) is 0 Å². The first-order valence-corrected chi connectivity index (χ1v) is 5.01. The first-order valence-electron chi connectivity index (χ1n) is 5.01. The summed E-state index contributed by atoms with van der Waals surface area (Å²) in [4.78, 5) is 4.15. The molecule has 0 spiro atoms. The minimum absolute atomic E-state index is 0.263. The molecule has 0 radical (unpaired) electrons. The second kappa shape index (κ2) is 3.20. The molecule has 0 aliphatic carbocycles. The van der Waals surface area contributed by atoms with Crippen molar-refractivity contribution in [2.45, 2.75) is 13.0 Å². The van der Waals surface area contributed by atoms with Gasteiger partial charge >= 0.3 is 0 Å². The number of fused-ring (bicyclic) bond motifs is 1. The van der Waals surface area contributed by atoms with Crippen LogP contribution >= 0.6 is 0 Å². The van der Waals surface area contributed by atoms with E-state index in [4.69, 9.17) is 4.74 Å². The van der Waals surface area contributed by atoms with Gasteiger partial charge in [-0.05, 0) is 18.6 Å². The van der Waals surface area contributed by atoms with Crippen LogP contribution in [0.15, 0.2) is 18.5 Å². The average Bonchev–Trinajstić information content (AvgIpc) is 2.58. The van der Waals surface area contributed by atoms with Crippen molar-refractivity contribution in [3.8, 4) is 5.88 Å². The third kappa shape index (κ3) is 1.45. The fourth-order valence-corrected chi connectivity index (χ4v) is 1.62. The minimum atomic E-state index is 0.263. The maximum absolute atomic E-state index is 5.80. The van der Waals surface area contributed by atoms with E-state index in [0.29, 0.717) is 0 Å². The fourth-order valence-electron chi connectivity index (χ4n) is 1.62. The van der Waals surface area contributed by atoms with E-state index >= 15 is 0 Å². The molecule has 0 aromatic carbocycles. The maximum Gasteiger partial charge on any atom is 0.217 e. The van der Waals surface area contributed by atoms with Crippen LogP contribution in [0.4, 0.5) is 0 Å². The Balaban J connectivity index is 2.02. The summed E-state index contributed by atoms with van der Waals surface area (Å²) in [5.41, 5.74) is 1.97. The largest absolute Gasteiger partial charge is 0.472 e. The number of hydrogen-bond donors (Lipinski definition) is 1. The summed E-state index contributed by atoms with van der Waals surface area (Å²) in [5, 5.41) is 7.30. The molecule has 1 N–H and O–H groups in total. The number of pyridine rings is 1. The molecule has 1 fully saturated rings. The van der Waals surface area contributed by atoms with E-state index in [-0.39, 0.29) is 6.10 Å². The van der Waals surface area contributed by atoms with Gasteiger partial charge < -0.3 is 10.1 Å². The van der Waals surface area contributed by atoms with Gasteiger partial charge in [0.2, 0.25) is 5.88 Å². The van der Waals surface area contributed by atoms with Gasteiger partial charge in [0.15, 0.2) is 5.65 Å². The molecule has 0 atom stereocenters. The molecule has 78 valence electrons. The van der Waals surface area contributed by atoms with Crippen molar-refractivity contribution in [2.75, 3.05) is 13.1 Å². The van der Waals surface area contributed by atoms with Crippen LogP contribution in [0, 0.1) is 6.92 Å². The van der Waals surface area contributed by atoms with Crippen molar-refractivity contribution >= 4 is 5.65 Å². The van der Waals surface area contributed by atoms with Crippen molar-refractivity contribution in [3.05, 3.63) is 24.0 Å². The van der Waals surface area contributed by atoms with E-state index < -0.39 is 0 Å². The highest BCUT2D eigenvalue weighted by molar-refractivity contribution is 5.43. The van der Waals surface area contributed by atoms with Crippen LogP contribution in [0.5, 0.6) is 5.88 Å². The molecule has 3 rings (SSSR count). The number of aromatic nitrogens is 3. The Morgan fingerprint density at radius 2 is 2.33 bits per heavy atom. The van der Waals surface area contributed by atoms with Crippen molar-refractivity contribution in [1.82, 2.24) is 19.9 Å². The summed E-state index contributed by atoms with van der Waals surface area (Å²) >= 11 is 0. The average molecular weight is 204 g/mol.